The summed E-state index contributed by atoms with van der Waals surface area (Å²) in [4.78, 5) is 14.2. The first-order chi connectivity index (χ1) is 10.6. The Labute approximate surface area is 130 Å². The van der Waals surface area contributed by atoms with Crippen molar-refractivity contribution in [3.05, 3.63) is 60.2 Å². The number of carbonyl (C=O) groups is 1. The van der Waals surface area contributed by atoms with Gasteiger partial charge in [-0.25, -0.2) is 4.79 Å². The van der Waals surface area contributed by atoms with E-state index in [1.807, 2.05) is 49.4 Å². The number of nitrogens with zero attached hydrogens (tertiary/aromatic N) is 1. The zero-order valence-electron chi connectivity index (χ0n) is 12.8. The molecular weight excluding hydrogens is 276 g/mol. The first-order valence-electron chi connectivity index (χ1n) is 7.54. The van der Waals surface area contributed by atoms with E-state index in [0.29, 0.717) is 6.04 Å². The summed E-state index contributed by atoms with van der Waals surface area (Å²) in [6.45, 7) is 4.05. The molecule has 0 radical (unpaired) electrons. The number of nitrogens with one attached hydrogen (secondary N) is 1. The van der Waals surface area contributed by atoms with Gasteiger partial charge < -0.3 is 9.64 Å². The summed E-state index contributed by atoms with van der Waals surface area (Å²) in [5.41, 5.74) is 3.18. The van der Waals surface area contributed by atoms with Gasteiger partial charge in [0.2, 0.25) is 0 Å². The molecule has 0 aromatic heterocycles. The van der Waals surface area contributed by atoms with Gasteiger partial charge in [-0.1, -0.05) is 36.4 Å². The van der Waals surface area contributed by atoms with Crippen LogP contribution in [0.5, 0.6) is 0 Å². The number of anilines is 2. The van der Waals surface area contributed by atoms with E-state index in [2.05, 4.69) is 29.3 Å². The van der Waals surface area contributed by atoms with Gasteiger partial charge >= 0.3 is 6.09 Å². The van der Waals surface area contributed by atoms with Crippen LogP contribution in [0.2, 0.25) is 0 Å². The zero-order valence-corrected chi connectivity index (χ0v) is 12.8. The second kappa shape index (κ2) is 6.10. The Balaban J connectivity index is 1.67. The molecule has 2 aromatic rings. The minimum Gasteiger partial charge on any atom is -0.425 e. The Kier molecular flexibility index (Phi) is 4.00. The maximum atomic E-state index is 12.0. The molecule has 22 heavy (non-hydrogen) atoms. The molecule has 0 spiro atoms. The monoisotopic (exact) mass is 296 g/mol. The summed E-state index contributed by atoms with van der Waals surface area (Å²) in [6, 6.07) is 17.9. The molecule has 2 atom stereocenters. The van der Waals surface area contributed by atoms with Crippen molar-refractivity contribution in [2.24, 2.45) is 0 Å². The lowest BCUT2D eigenvalue weighted by atomic mass is 10.1. The summed E-state index contributed by atoms with van der Waals surface area (Å²) in [5.74, 6) is 0. The van der Waals surface area contributed by atoms with E-state index in [0.717, 1.165) is 17.8 Å². The lowest BCUT2D eigenvalue weighted by molar-refractivity contribution is 0.115. The van der Waals surface area contributed by atoms with Crippen LogP contribution in [-0.2, 0) is 11.2 Å². The van der Waals surface area contributed by atoms with Crippen molar-refractivity contribution in [1.29, 1.82) is 0 Å². The van der Waals surface area contributed by atoms with E-state index >= 15 is 0 Å². The number of amides is 1. The molecule has 0 fully saturated rings. The average Bonchev–Trinajstić information content (AvgIpc) is 2.83. The van der Waals surface area contributed by atoms with Gasteiger partial charge in [0.1, 0.15) is 0 Å². The minimum absolute atomic E-state index is 0.317. The van der Waals surface area contributed by atoms with Gasteiger partial charge in [0.15, 0.2) is 6.23 Å². The number of fused-ring (bicyclic) bond motifs is 1. The smallest absolute Gasteiger partial charge is 0.413 e. The van der Waals surface area contributed by atoms with E-state index < -0.39 is 6.09 Å². The van der Waals surface area contributed by atoms with E-state index in [1.165, 1.54) is 5.56 Å². The van der Waals surface area contributed by atoms with Crippen LogP contribution in [0, 0.1) is 0 Å². The molecule has 1 aliphatic rings. The van der Waals surface area contributed by atoms with Crippen molar-refractivity contribution in [2.75, 3.05) is 10.2 Å². The second-order valence-corrected chi connectivity index (χ2v) is 5.58. The normalized spacial score (nSPS) is 17.7. The zero-order chi connectivity index (χ0) is 15.5. The van der Waals surface area contributed by atoms with Crippen molar-refractivity contribution < 1.29 is 9.53 Å². The lowest BCUT2D eigenvalue weighted by Crippen LogP contribution is -2.41. The van der Waals surface area contributed by atoms with Crippen LogP contribution in [0.25, 0.3) is 0 Å². The quantitative estimate of drug-likeness (QED) is 0.929. The van der Waals surface area contributed by atoms with Crippen LogP contribution >= 0.6 is 0 Å². The van der Waals surface area contributed by atoms with Crippen molar-refractivity contribution in [3.8, 4) is 0 Å². The molecule has 0 bridgehead atoms. The Hall–Kier alpha value is -2.49. The molecule has 0 saturated carbocycles. The van der Waals surface area contributed by atoms with Crippen LogP contribution in [0.3, 0.4) is 0 Å². The molecule has 1 N–H and O–H groups in total. The maximum Gasteiger partial charge on any atom is 0.413 e. The molecule has 2 aromatic carbocycles. The van der Waals surface area contributed by atoms with E-state index in [-0.39, 0.29) is 6.23 Å². The molecule has 4 nitrogen and oxygen atoms in total. The van der Waals surface area contributed by atoms with Crippen LogP contribution in [0.4, 0.5) is 16.2 Å². The molecule has 2 unspecified atom stereocenters. The van der Waals surface area contributed by atoms with Crippen LogP contribution in [0.1, 0.15) is 19.4 Å². The third kappa shape index (κ3) is 2.91. The molecule has 4 heteroatoms. The Morgan fingerprint density at radius 2 is 1.86 bits per heavy atom. The first kappa shape index (κ1) is 14.4. The number of hydrogen-bond acceptors (Lipinski definition) is 3. The van der Waals surface area contributed by atoms with Gasteiger partial charge in [-0.3, -0.25) is 5.32 Å². The molecule has 3 rings (SSSR count). The van der Waals surface area contributed by atoms with Crippen LogP contribution < -0.4 is 10.2 Å². The standard InChI is InChI=1S/C18H20N2O2/c1-13-12-15-8-6-7-11-17(15)20(13)14(2)22-18(21)19-16-9-4-3-5-10-16/h3-11,13-14H,12H2,1-2H3,(H,19,21). The Bertz CT molecular complexity index is 657. The van der Waals surface area contributed by atoms with Gasteiger partial charge in [-0.05, 0) is 44.0 Å². The molecule has 0 saturated heterocycles. The molecule has 1 heterocycles. The second-order valence-electron chi connectivity index (χ2n) is 5.58. The topological polar surface area (TPSA) is 41.6 Å². The molecule has 0 aliphatic carbocycles. The highest BCUT2D eigenvalue weighted by molar-refractivity contribution is 5.84. The maximum absolute atomic E-state index is 12.0. The minimum atomic E-state index is -0.435. The Morgan fingerprint density at radius 1 is 1.18 bits per heavy atom. The number of ether oxygens (including phenoxy) is 1. The average molecular weight is 296 g/mol. The number of rotatable bonds is 3. The van der Waals surface area contributed by atoms with Crippen molar-refractivity contribution in [2.45, 2.75) is 32.5 Å². The first-order valence-corrected chi connectivity index (χ1v) is 7.54. The third-order valence-electron chi connectivity index (χ3n) is 3.95. The third-order valence-corrected chi connectivity index (χ3v) is 3.95. The van der Waals surface area contributed by atoms with Crippen molar-refractivity contribution >= 4 is 17.5 Å². The summed E-state index contributed by atoms with van der Waals surface area (Å²) in [7, 11) is 0. The summed E-state index contributed by atoms with van der Waals surface area (Å²) < 4.78 is 5.54. The highest BCUT2D eigenvalue weighted by atomic mass is 16.6. The Morgan fingerprint density at radius 3 is 2.64 bits per heavy atom. The van der Waals surface area contributed by atoms with Gasteiger partial charge in [0, 0.05) is 17.4 Å². The fourth-order valence-corrected chi connectivity index (χ4v) is 3.02. The number of carbonyl (C=O) groups excluding carboxylic acids is 1. The highest BCUT2D eigenvalue weighted by Gasteiger charge is 2.31. The number of benzene rings is 2. The molecule has 1 amide bonds. The summed E-state index contributed by atoms with van der Waals surface area (Å²) >= 11 is 0. The van der Waals surface area contributed by atoms with Gasteiger partial charge in [0.05, 0.1) is 0 Å². The van der Waals surface area contributed by atoms with Gasteiger partial charge in [-0.15, -0.1) is 0 Å². The van der Waals surface area contributed by atoms with E-state index in [4.69, 9.17) is 4.74 Å². The van der Waals surface area contributed by atoms with Gasteiger partial charge in [-0.2, -0.15) is 0 Å². The van der Waals surface area contributed by atoms with Crippen molar-refractivity contribution in [1.82, 2.24) is 0 Å². The number of para-hydroxylation sites is 2. The van der Waals surface area contributed by atoms with Crippen LogP contribution in [-0.4, -0.2) is 18.4 Å². The largest absolute Gasteiger partial charge is 0.425 e. The van der Waals surface area contributed by atoms with E-state index in [1.54, 1.807) is 0 Å². The van der Waals surface area contributed by atoms with Crippen molar-refractivity contribution in [3.63, 3.8) is 0 Å². The van der Waals surface area contributed by atoms with Gasteiger partial charge in [0.25, 0.3) is 0 Å². The molecular formula is C18H20N2O2. The highest BCUT2D eigenvalue weighted by Crippen LogP contribution is 2.33. The summed E-state index contributed by atoms with van der Waals surface area (Å²) in [5, 5.41) is 2.75. The molecule has 1 aliphatic heterocycles. The lowest BCUT2D eigenvalue weighted by Gasteiger charge is -2.31. The van der Waals surface area contributed by atoms with E-state index in [9.17, 15) is 4.79 Å². The fourth-order valence-electron chi connectivity index (χ4n) is 3.02. The summed E-state index contributed by atoms with van der Waals surface area (Å²) in [6.07, 6.45) is 0.224. The predicted octanol–water partition coefficient (Wildman–Crippen LogP) is 4.03. The number of hydrogen-bond donors (Lipinski definition) is 1. The predicted molar refractivity (Wildman–Crippen MR) is 88.1 cm³/mol. The fraction of sp³-hybridized carbons (Fsp3) is 0.278. The molecule has 114 valence electrons. The van der Waals surface area contributed by atoms with Crippen LogP contribution in [0.15, 0.2) is 54.6 Å². The SMILES string of the molecule is CC1Cc2ccccc2N1C(C)OC(=O)Nc1ccccc1.